The minimum Gasteiger partial charge on any atom is -0.375 e. The summed E-state index contributed by atoms with van der Waals surface area (Å²) in [6.45, 7) is 9.28. The lowest BCUT2D eigenvalue weighted by Gasteiger charge is -2.35. The summed E-state index contributed by atoms with van der Waals surface area (Å²) >= 11 is 0. The molecule has 3 rings (SSSR count). The Kier molecular flexibility index (Phi) is 5.16. The van der Waals surface area contributed by atoms with Gasteiger partial charge in [-0.3, -0.25) is 9.69 Å². The Labute approximate surface area is 142 Å². The van der Waals surface area contributed by atoms with Crippen LogP contribution < -0.4 is 5.32 Å². The van der Waals surface area contributed by atoms with Gasteiger partial charge in [-0.05, 0) is 32.4 Å². The fourth-order valence-electron chi connectivity index (χ4n) is 3.09. The van der Waals surface area contributed by atoms with E-state index in [-0.39, 0.29) is 12.0 Å². The van der Waals surface area contributed by atoms with Crippen molar-refractivity contribution < 1.29 is 9.53 Å². The molecule has 1 N–H and O–H groups in total. The molecule has 0 radical (unpaired) electrons. The fourth-order valence-corrected chi connectivity index (χ4v) is 3.09. The molecule has 24 heavy (non-hydrogen) atoms. The first kappa shape index (κ1) is 16.9. The third kappa shape index (κ3) is 3.94. The number of carbonyl (C=O) groups excluding carboxylic acids is 1. The number of imidazole rings is 1. The van der Waals surface area contributed by atoms with Gasteiger partial charge in [0, 0.05) is 31.5 Å². The van der Waals surface area contributed by atoms with Crippen molar-refractivity contribution in [2.24, 2.45) is 0 Å². The zero-order valence-corrected chi connectivity index (χ0v) is 14.7. The maximum atomic E-state index is 12.2. The molecule has 0 aliphatic carbocycles. The van der Waals surface area contributed by atoms with Crippen LogP contribution in [0.3, 0.4) is 0 Å². The fraction of sp³-hybridized carbons (Fsp3) is 0.556. The predicted octanol–water partition coefficient (Wildman–Crippen LogP) is 1.76. The van der Waals surface area contributed by atoms with Crippen molar-refractivity contribution in [3.8, 4) is 0 Å². The smallest absolute Gasteiger partial charge is 0.222 e. The van der Waals surface area contributed by atoms with E-state index in [1.165, 1.54) is 0 Å². The summed E-state index contributed by atoms with van der Waals surface area (Å²) in [6, 6.07) is 4.51. The molecule has 1 atom stereocenters. The van der Waals surface area contributed by atoms with Gasteiger partial charge in [-0.25, -0.2) is 4.98 Å². The maximum Gasteiger partial charge on any atom is 0.222 e. The lowest BCUT2D eigenvalue weighted by molar-refractivity contribution is -0.126. The lowest BCUT2D eigenvalue weighted by atomic mass is 10.1. The molecule has 6 heteroatoms. The molecule has 0 bridgehead atoms. The average Bonchev–Trinajstić information content (AvgIpc) is 2.98. The number of nitrogens with one attached hydrogen (secondary N) is 1. The van der Waals surface area contributed by atoms with Gasteiger partial charge in [-0.2, -0.15) is 0 Å². The molecule has 2 aromatic rings. The van der Waals surface area contributed by atoms with E-state index in [2.05, 4.69) is 29.0 Å². The number of aromatic nitrogens is 2. The molecule has 3 heterocycles. The standard InChI is InChI=1S/C18H26N4O2/c1-13(2)21-7-8-24-16(12-21)9-17(23)19-10-15-11-22-6-4-5-14(3)18(22)20-15/h4-6,11,13,16H,7-10,12H2,1-3H3,(H,19,23)/t16-/m0/s1. The minimum absolute atomic E-state index is 0.0133. The number of aryl methyl sites for hydroxylation is 1. The van der Waals surface area contributed by atoms with Crippen molar-refractivity contribution in [3.05, 3.63) is 35.8 Å². The van der Waals surface area contributed by atoms with Crippen molar-refractivity contribution >= 4 is 11.6 Å². The number of carbonyl (C=O) groups is 1. The molecule has 0 saturated carbocycles. The summed E-state index contributed by atoms with van der Waals surface area (Å²) in [6.07, 6.45) is 4.30. The number of hydrogen-bond acceptors (Lipinski definition) is 4. The Morgan fingerprint density at radius 1 is 1.50 bits per heavy atom. The van der Waals surface area contributed by atoms with Crippen molar-refractivity contribution in [2.45, 2.75) is 45.9 Å². The van der Waals surface area contributed by atoms with Crippen molar-refractivity contribution in [2.75, 3.05) is 19.7 Å². The van der Waals surface area contributed by atoms with Crippen LogP contribution in [0.2, 0.25) is 0 Å². The number of pyridine rings is 1. The number of morpholine rings is 1. The average molecular weight is 330 g/mol. The quantitative estimate of drug-likeness (QED) is 0.907. The molecule has 1 fully saturated rings. The van der Waals surface area contributed by atoms with Crippen LogP contribution in [0.15, 0.2) is 24.5 Å². The van der Waals surface area contributed by atoms with Gasteiger partial charge in [-0.1, -0.05) is 6.07 Å². The lowest BCUT2D eigenvalue weighted by Crippen LogP contribution is -2.47. The van der Waals surface area contributed by atoms with Crippen LogP contribution in [0.5, 0.6) is 0 Å². The summed E-state index contributed by atoms with van der Waals surface area (Å²) in [4.78, 5) is 19.1. The number of nitrogens with zero attached hydrogens (tertiary/aromatic N) is 3. The molecular formula is C18H26N4O2. The highest BCUT2D eigenvalue weighted by Gasteiger charge is 2.24. The normalized spacial score (nSPS) is 19.1. The van der Waals surface area contributed by atoms with E-state index in [9.17, 15) is 4.79 Å². The van der Waals surface area contributed by atoms with E-state index in [4.69, 9.17) is 4.74 Å². The first-order chi connectivity index (χ1) is 11.5. The molecule has 0 spiro atoms. The van der Waals surface area contributed by atoms with Gasteiger partial charge >= 0.3 is 0 Å². The zero-order chi connectivity index (χ0) is 17.1. The van der Waals surface area contributed by atoms with Gasteiger partial charge < -0.3 is 14.5 Å². The summed E-state index contributed by atoms with van der Waals surface area (Å²) in [5, 5.41) is 2.96. The zero-order valence-electron chi connectivity index (χ0n) is 14.7. The summed E-state index contributed by atoms with van der Waals surface area (Å²) in [5.41, 5.74) is 2.93. The SMILES string of the molecule is Cc1cccn2cc(CNC(=O)C[C@H]3CN(C(C)C)CCO3)nc12. The van der Waals surface area contributed by atoms with Crippen LogP contribution in [0, 0.1) is 6.92 Å². The van der Waals surface area contributed by atoms with E-state index in [0.29, 0.717) is 25.6 Å². The maximum absolute atomic E-state index is 12.2. The minimum atomic E-state index is -0.0236. The Morgan fingerprint density at radius 2 is 2.33 bits per heavy atom. The van der Waals surface area contributed by atoms with Crippen LogP contribution in [-0.4, -0.2) is 52.0 Å². The van der Waals surface area contributed by atoms with E-state index in [1.807, 2.05) is 35.9 Å². The summed E-state index contributed by atoms with van der Waals surface area (Å²) in [5.74, 6) is 0.0133. The van der Waals surface area contributed by atoms with Crippen LogP contribution >= 0.6 is 0 Å². The van der Waals surface area contributed by atoms with Gasteiger partial charge in [0.15, 0.2) is 0 Å². The van der Waals surface area contributed by atoms with Crippen LogP contribution in [0.4, 0.5) is 0 Å². The van der Waals surface area contributed by atoms with Crippen molar-refractivity contribution in [1.29, 1.82) is 0 Å². The molecule has 1 aliphatic rings. The van der Waals surface area contributed by atoms with Gasteiger partial charge in [0.25, 0.3) is 0 Å². The number of amides is 1. The Hall–Kier alpha value is -1.92. The number of rotatable bonds is 5. The van der Waals surface area contributed by atoms with Gasteiger partial charge in [-0.15, -0.1) is 0 Å². The summed E-state index contributed by atoms with van der Waals surface area (Å²) in [7, 11) is 0. The molecule has 2 aromatic heterocycles. The first-order valence-corrected chi connectivity index (χ1v) is 8.58. The number of ether oxygens (including phenoxy) is 1. The highest BCUT2D eigenvalue weighted by Crippen LogP contribution is 2.12. The van der Waals surface area contributed by atoms with Crippen molar-refractivity contribution in [3.63, 3.8) is 0 Å². The summed E-state index contributed by atoms with van der Waals surface area (Å²) < 4.78 is 7.71. The second-order valence-corrected chi connectivity index (χ2v) is 6.72. The van der Waals surface area contributed by atoms with Gasteiger partial charge in [0.05, 0.1) is 31.4 Å². The van der Waals surface area contributed by atoms with Crippen LogP contribution in [0.1, 0.15) is 31.5 Å². The van der Waals surface area contributed by atoms with Crippen LogP contribution in [-0.2, 0) is 16.1 Å². The Morgan fingerprint density at radius 3 is 3.08 bits per heavy atom. The number of hydrogen-bond donors (Lipinski definition) is 1. The van der Waals surface area contributed by atoms with Crippen LogP contribution in [0.25, 0.3) is 5.65 Å². The monoisotopic (exact) mass is 330 g/mol. The highest BCUT2D eigenvalue weighted by molar-refractivity contribution is 5.76. The predicted molar refractivity (Wildman–Crippen MR) is 92.8 cm³/mol. The first-order valence-electron chi connectivity index (χ1n) is 8.58. The van der Waals surface area contributed by atoms with E-state index in [0.717, 1.165) is 30.0 Å². The largest absolute Gasteiger partial charge is 0.375 e. The van der Waals surface area contributed by atoms with E-state index < -0.39 is 0 Å². The molecule has 1 saturated heterocycles. The topological polar surface area (TPSA) is 58.9 Å². The second kappa shape index (κ2) is 7.32. The Bertz CT molecular complexity index is 710. The number of fused-ring (bicyclic) bond motifs is 1. The highest BCUT2D eigenvalue weighted by atomic mass is 16.5. The molecular weight excluding hydrogens is 304 g/mol. The van der Waals surface area contributed by atoms with E-state index in [1.54, 1.807) is 0 Å². The molecule has 0 aromatic carbocycles. The Balaban J connectivity index is 1.52. The molecule has 1 aliphatic heterocycles. The van der Waals surface area contributed by atoms with E-state index >= 15 is 0 Å². The molecule has 6 nitrogen and oxygen atoms in total. The van der Waals surface area contributed by atoms with Gasteiger partial charge in [0.1, 0.15) is 5.65 Å². The third-order valence-electron chi connectivity index (χ3n) is 4.51. The molecule has 0 unspecified atom stereocenters. The third-order valence-corrected chi connectivity index (χ3v) is 4.51. The second-order valence-electron chi connectivity index (χ2n) is 6.72. The molecule has 1 amide bonds. The molecule has 130 valence electrons. The van der Waals surface area contributed by atoms with Gasteiger partial charge in [0.2, 0.25) is 5.91 Å². The van der Waals surface area contributed by atoms with Crippen molar-refractivity contribution in [1.82, 2.24) is 19.6 Å².